The van der Waals surface area contributed by atoms with Crippen molar-refractivity contribution in [3.8, 4) is 5.75 Å². The number of hydrogen-bond acceptors (Lipinski definition) is 6. The Bertz CT molecular complexity index is 799. The number of fused-ring (bicyclic) bond motifs is 1. The fraction of sp³-hybridized carbons (Fsp3) is 0.200. The molecule has 6 heteroatoms. The largest absolute Gasteiger partial charge is 0.497 e. The van der Waals surface area contributed by atoms with E-state index in [4.69, 9.17) is 10.5 Å². The number of ether oxygens (including phenoxy) is 1. The van der Waals surface area contributed by atoms with Crippen molar-refractivity contribution in [1.29, 1.82) is 0 Å². The number of nitrogen functional groups attached to an aromatic ring is 1. The van der Waals surface area contributed by atoms with Crippen LogP contribution in [0, 0.1) is 6.92 Å². The summed E-state index contributed by atoms with van der Waals surface area (Å²) >= 11 is 1.62. The summed E-state index contributed by atoms with van der Waals surface area (Å²) in [6.45, 7) is 2.05. The summed E-state index contributed by atoms with van der Waals surface area (Å²) in [6, 6.07) is 9.92. The Labute approximate surface area is 127 Å². The van der Waals surface area contributed by atoms with Crippen LogP contribution in [0.2, 0.25) is 0 Å². The number of aryl methyl sites for hydroxylation is 1. The molecule has 5 nitrogen and oxygen atoms in total. The summed E-state index contributed by atoms with van der Waals surface area (Å²) in [5.41, 5.74) is 6.82. The van der Waals surface area contributed by atoms with Gasteiger partial charge in [-0.1, -0.05) is 6.07 Å². The van der Waals surface area contributed by atoms with Gasteiger partial charge in [-0.25, -0.2) is 4.98 Å². The molecule has 0 amide bonds. The molecular weight excluding hydrogens is 284 g/mol. The molecule has 0 atom stereocenters. The van der Waals surface area contributed by atoms with Crippen LogP contribution in [-0.2, 0) is 0 Å². The number of rotatable bonds is 3. The second kappa shape index (κ2) is 5.21. The molecule has 3 aromatic rings. The van der Waals surface area contributed by atoms with Crippen molar-refractivity contribution >= 4 is 39.0 Å². The molecule has 0 unspecified atom stereocenters. The molecule has 1 aromatic carbocycles. The molecule has 2 aromatic heterocycles. The van der Waals surface area contributed by atoms with E-state index >= 15 is 0 Å². The fourth-order valence-corrected chi connectivity index (χ4v) is 3.12. The third-order valence-corrected chi connectivity index (χ3v) is 4.22. The maximum absolute atomic E-state index is 5.84. The van der Waals surface area contributed by atoms with Crippen LogP contribution in [0.1, 0.15) is 4.88 Å². The topological polar surface area (TPSA) is 64.3 Å². The Morgan fingerprint density at radius 2 is 2.05 bits per heavy atom. The monoisotopic (exact) mass is 300 g/mol. The maximum Gasteiger partial charge on any atom is 0.223 e. The Balaban J connectivity index is 2.14. The van der Waals surface area contributed by atoms with Gasteiger partial charge in [0.1, 0.15) is 16.4 Å². The molecule has 21 heavy (non-hydrogen) atoms. The maximum atomic E-state index is 5.84. The zero-order chi connectivity index (χ0) is 15.0. The van der Waals surface area contributed by atoms with Crippen molar-refractivity contribution in [3.05, 3.63) is 35.2 Å². The predicted molar refractivity (Wildman–Crippen MR) is 87.6 cm³/mol. The number of nitrogens with two attached hydrogens (primary N) is 1. The van der Waals surface area contributed by atoms with Crippen LogP contribution in [0.15, 0.2) is 30.3 Å². The van der Waals surface area contributed by atoms with Crippen molar-refractivity contribution in [2.75, 3.05) is 24.8 Å². The molecule has 2 heterocycles. The Kier molecular flexibility index (Phi) is 3.39. The van der Waals surface area contributed by atoms with Gasteiger partial charge in [0.15, 0.2) is 0 Å². The fourth-order valence-electron chi connectivity index (χ4n) is 2.24. The molecule has 2 N–H and O–H groups in total. The number of anilines is 3. The van der Waals surface area contributed by atoms with Crippen LogP contribution < -0.4 is 15.4 Å². The minimum Gasteiger partial charge on any atom is -0.497 e. The summed E-state index contributed by atoms with van der Waals surface area (Å²) in [5, 5.41) is 1.01. The van der Waals surface area contributed by atoms with Gasteiger partial charge in [0, 0.05) is 23.7 Å². The highest BCUT2D eigenvalue weighted by Gasteiger charge is 2.14. The van der Waals surface area contributed by atoms with Crippen LogP contribution in [-0.4, -0.2) is 24.1 Å². The molecule has 0 fully saturated rings. The zero-order valence-electron chi connectivity index (χ0n) is 12.1. The van der Waals surface area contributed by atoms with Crippen LogP contribution in [0.3, 0.4) is 0 Å². The van der Waals surface area contributed by atoms with E-state index in [9.17, 15) is 0 Å². The first-order chi connectivity index (χ1) is 10.1. The Morgan fingerprint density at radius 3 is 2.81 bits per heavy atom. The van der Waals surface area contributed by atoms with Gasteiger partial charge in [-0.2, -0.15) is 4.98 Å². The smallest absolute Gasteiger partial charge is 0.223 e. The molecule has 0 aliphatic carbocycles. The first-order valence-corrected chi connectivity index (χ1v) is 7.31. The average molecular weight is 300 g/mol. The molecule has 0 saturated heterocycles. The minimum absolute atomic E-state index is 0.286. The second-order valence-corrected chi connectivity index (χ2v) is 5.98. The standard InChI is InChI=1S/C15H16N4OS/c1-9-7-12-13(17-15(16)18-14(12)21-9)19(2)10-5-4-6-11(8-10)20-3/h4-8H,1-3H3,(H2,16,17,18). The number of methoxy groups -OCH3 is 1. The van der Waals surface area contributed by atoms with Gasteiger partial charge in [0.05, 0.1) is 12.5 Å². The van der Waals surface area contributed by atoms with Crippen molar-refractivity contribution in [2.45, 2.75) is 6.92 Å². The first-order valence-electron chi connectivity index (χ1n) is 6.50. The second-order valence-electron chi connectivity index (χ2n) is 4.74. The van der Waals surface area contributed by atoms with E-state index < -0.39 is 0 Å². The zero-order valence-corrected chi connectivity index (χ0v) is 12.9. The highest BCUT2D eigenvalue weighted by atomic mass is 32.1. The number of aromatic nitrogens is 2. The molecular formula is C15H16N4OS. The third-order valence-electron chi connectivity index (χ3n) is 3.27. The first kappa shape index (κ1) is 13.6. The average Bonchev–Trinajstić information content (AvgIpc) is 2.85. The lowest BCUT2D eigenvalue weighted by Gasteiger charge is -2.19. The van der Waals surface area contributed by atoms with E-state index in [1.54, 1.807) is 18.4 Å². The van der Waals surface area contributed by atoms with Crippen LogP contribution in [0.25, 0.3) is 10.2 Å². The number of benzene rings is 1. The quantitative estimate of drug-likeness (QED) is 0.803. The lowest BCUT2D eigenvalue weighted by atomic mass is 10.2. The molecule has 0 aliphatic heterocycles. The van der Waals surface area contributed by atoms with E-state index in [2.05, 4.69) is 23.0 Å². The van der Waals surface area contributed by atoms with Crippen molar-refractivity contribution in [3.63, 3.8) is 0 Å². The number of hydrogen-bond donors (Lipinski definition) is 1. The van der Waals surface area contributed by atoms with Gasteiger partial charge in [-0.15, -0.1) is 11.3 Å². The number of thiophene rings is 1. The lowest BCUT2D eigenvalue weighted by Crippen LogP contribution is -2.13. The van der Waals surface area contributed by atoms with E-state index in [1.807, 2.05) is 36.2 Å². The van der Waals surface area contributed by atoms with Crippen molar-refractivity contribution in [2.24, 2.45) is 0 Å². The highest BCUT2D eigenvalue weighted by Crippen LogP contribution is 2.34. The molecule has 0 saturated carbocycles. The molecule has 0 aliphatic rings. The summed E-state index contributed by atoms with van der Waals surface area (Å²) in [6.07, 6.45) is 0. The van der Waals surface area contributed by atoms with Crippen LogP contribution in [0.5, 0.6) is 5.75 Å². The third kappa shape index (κ3) is 2.50. The summed E-state index contributed by atoms with van der Waals surface area (Å²) < 4.78 is 5.27. The van der Waals surface area contributed by atoms with Gasteiger partial charge >= 0.3 is 0 Å². The van der Waals surface area contributed by atoms with E-state index in [-0.39, 0.29) is 5.95 Å². The molecule has 0 spiro atoms. The molecule has 0 radical (unpaired) electrons. The van der Waals surface area contributed by atoms with E-state index in [1.165, 1.54) is 4.88 Å². The highest BCUT2D eigenvalue weighted by molar-refractivity contribution is 7.18. The van der Waals surface area contributed by atoms with Gasteiger partial charge in [-0.3, -0.25) is 0 Å². The predicted octanol–water partition coefficient (Wildman–Crippen LogP) is 3.36. The normalized spacial score (nSPS) is 10.8. The Morgan fingerprint density at radius 1 is 1.24 bits per heavy atom. The molecule has 108 valence electrons. The van der Waals surface area contributed by atoms with Gasteiger partial charge in [-0.05, 0) is 25.1 Å². The van der Waals surface area contributed by atoms with E-state index in [0.717, 1.165) is 27.5 Å². The number of nitrogens with zero attached hydrogens (tertiary/aromatic N) is 3. The summed E-state index contributed by atoms with van der Waals surface area (Å²) in [4.78, 5) is 12.8. The minimum atomic E-state index is 0.286. The molecule has 3 rings (SSSR count). The Hall–Kier alpha value is -2.34. The SMILES string of the molecule is COc1cccc(N(C)c2nc(N)nc3sc(C)cc23)c1. The van der Waals surface area contributed by atoms with Gasteiger partial charge in [0.2, 0.25) is 5.95 Å². The van der Waals surface area contributed by atoms with E-state index in [0.29, 0.717) is 0 Å². The van der Waals surface area contributed by atoms with Gasteiger partial charge in [0.25, 0.3) is 0 Å². The summed E-state index contributed by atoms with van der Waals surface area (Å²) in [5.74, 6) is 1.89. The van der Waals surface area contributed by atoms with Crippen LogP contribution >= 0.6 is 11.3 Å². The van der Waals surface area contributed by atoms with Crippen molar-refractivity contribution in [1.82, 2.24) is 9.97 Å². The van der Waals surface area contributed by atoms with Gasteiger partial charge < -0.3 is 15.4 Å². The lowest BCUT2D eigenvalue weighted by molar-refractivity contribution is 0.415. The van der Waals surface area contributed by atoms with Crippen molar-refractivity contribution < 1.29 is 4.74 Å². The summed E-state index contributed by atoms with van der Waals surface area (Å²) in [7, 11) is 3.62. The molecule has 0 bridgehead atoms. The van der Waals surface area contributed by atoms with Crippen LogP contribution in [0.4, 0.5) is 17.5 Å².